The number of ether oxygens (including phenoxy) is 1. The first-order valence-electron chi connectivity index (χ1n) is 5.47. The Hall–Kier alpha value is -2.29. The molecule has 1 aliphatic rings. The largest absolute Gasteiger partial charge is 0.413 e. The Morgan fingerprint density at radius 2 is 1.65 bits per heavy atom. The number of benzene rings is 2. The highest BCUT2D eigenvalue weighted by atomic mass is 16.6. The molecule has 1 N–H and O–H groups in total. The molecular weight excluding hydrogens is 214 g/mol. The normalized spacial score (nSPS) is 17.9. The van der Waals surface area contributed by atoms with Gasteiger partial charge in [-0.25, -0.2) is 4.79 Å². The number of para-hydroxylation sites is 1. The summed E-state index contributed by atoms with van der Waals surface area (Å²) < 4.78 is 5.13. The number of nitrogens with one attached hydrogen (secondary N) is 1. The van der Waals surface area contributed by atoms with E-state index in [1.165, 1.54) is 0 Å². The van der Waals surface area contributed by atoms with Crippen LogP contribution in [0, 0.1) is 0 Å². The molecule has 0 aromatic heterocycles. The average Bonchev–Trinajstić information content (AvgIpc) is 2.39. The van der Waals surface area contributed by atoms with Gasteiger partial charge in [0.25, 0.3) is 0 Å². The molecular formula is C14H11NO2. The highest BCUT2D eigenvalue weighted by Crippen LogP contribution is 2.32. The zero-order valence-corrected chi connectivity index (χ0v) is 9.09. The van der Waals surface area contributed by atoms with E-state index >= 15 is 0 Å². The van der Waals surface area contributed by atoms with Gasteiger partial charge in [0.2, 0.25) is 0 Å². The first kappa shape index (κ1) is 9.90. The molecule has 3 nitrogen and oxygen atoms in total. The molecule has 0 radical (unpaired) electrons. The number of amides is 1. The maximum absolute atomic E-state index is 11.5. The van der Waals surface area contributed by atoms with Crippen LogP contribution in [0.3, 0.4) is 0 Å². The summed E-state index contributed by atoms with van der Waals surface area (Å²) in [5.41, 5.74) is 2.04. The van der Waals surface area contributed by atoms with Crippen LogP contribution < -0.4 is 10.1 Å². The van der Waals surface area contributed by atoms with Crippen LogP contribution in [0.1, 0.15) is 17.2 Å². The molecule has 0 bridgehead atoms. The van der Waals surface area contributed by atoms with E-state index in [2.05, 4.69) is 5.32 Å². The quantitative estimate of drug-likeness (QED) is 0.810. The Balaban J connectivity index is 2.10. The number of hydrogen-bond acceptors (Lipinski definition) is 2. The van der Waals surface area contributed by atoms with Crippen LogP contribution in [0.2, 0.25) is 0 Å². The smallest absolute Gasteiger partial charge is 0.410 e. The number of carbonyl (C=O) groups is 1. The van der Waals surface area contributed by atoms with Crippen LogP contribution in [0.25, 0.3) is 0 Å². The van der Waals surface area contributed by atoms with E-state index in [0.717, 1.165) is 11.1 Å². The van der Waals surface area contributed by atoms with Crippen molar-refractivity contribution < 1.29 is 9.53 Å². The molecule has 1 atom stereocenters. The Kier molecular flexibility index (Phi) is 2.29. The lowest BCUT2D eigenvalue weighted by atomic mass is 9.97. The molecule has 0 fully saturated rings. The van der Waals surface area contributed by atoms with Crippen LogP contribution in [0.4, 0.5) is 4.79 Å². The zero-order chi connectivity index (χ0) is 11.7. The van der Waals surface area contributed by atoms with Gasteiger partial charge in [-0.05, 0) is 11.6 Å². The second-order valence-corrected chi connectivity index (χ2v) is 3.92. The molecule has 1 heterocycles. The van der Waals surface area contributed by atoms with E-state index in [0.29, 0.717) is 5.75 Å². The minimum absolute atomic E-state index is 0.131. The fourth-order valence-corrected chi connectivity index (χ4v) is 2.05. The summed E-state index contributed by atoms with van der Waals surface area (Å²) in [6.07, 6.45) is -0.405. The van der Waals surface area contributed by atoms with Crippen molar-refractivity contribution in [2.24, 2.45) is 0 Å². The summed E-state index contributed by atoms with van der Waals surface area (Å²) in [5, 5.41) is 2.83. The Bertz CT molecular complexity index is 551. The fourth-order valence-electron chi connectivity index (χ4n) is 2.05. The summed E-state index contributed by atoms with van der Waals surface area (Å²) in [5.74, 6) is 0.630. The second-order valence-electron chi connectivity index (χ2n) is 3.92. The van der Waals surface area contributed by atoms with Crippen molar-refractivity contribution in [2.45, 2.75) is 6.04 Å². The van der Waals surface area contributed by atoms with E-state index in [1.807, 2.05) is 54.6 Å². The molecule has 0 aliphatic carbocycles. The summed E-state index contributed by atoms with van der Waals surface area (Å²) in [6, 6.07) is 17.3. The lowest BCUT2D eigenvalue weighted by Gasteiger charge is -2.26. The molecule has 2 aromatic carbocycles. The summed E-state index contributed by atoms with van der Waals surface area (Å²) in [4.78, 5) is 11.5. The average molecular weight is 225 g/mol. The van der Waals surface area contributed by atoms with Gasteiger partial charge in [0.1, 0.15) is 5.75 Å². The van der Waals surface area contributed by atoms with E-state index in [9.17, 15) is 4.79 Å². The molecule has 3 rings (SSSR count). The van der Waals surface area contributed by atoms with E-state index in [4.69, 9.17) is 4.74 Å². The molecule has 0 unspecified atom stereocenters. The van der Waals surface area contributed by atoms with Crippen molar-refractivity contribution in [3.8, 4) is 5.75 Å². The standard InChI is InChI=1S/C14H11NO2/c16-14-15-13(10-6-2-1-3-7-10)11-8-4-5-9-12(11)17-14/h1-9,13H,(H,15,16)/t13-/m1/s1. The number of carbonyl (C=O) groups excluding carboxylic acids is 1. The van der Waals surface area contributed by atoms with Crippen molar-refractivity contribution in [3.63, 3.8) is 0 Å². The minimum Gasteiger partial charge on any atom is -0.410 e. The van der Waals surface area contributed by atoms with Gasteiger partial charge >= 0.3 is 6.09 Å². The first-order chi connectivity index (χ1) is 8.34. The first-order valence-corrected chi connectivity index (χ1v) is 5.47. The lowest BCUT2D eigenvalue weighted by Crippen LogP contribution is -2.36. The van der Waals surface area contributed by atoms with E-state index in [-0.39, 0.29) is 6.04 Å². The summed E-state index contributed by atoms with van der Waals surface area (Å²) in [7, 11) is 0. The lowest BCUT2D eigenvalue weighted by molar-refractivity contribution is 0.191. The van der Waals surface area contributed by atoms with E-state index in [1.54, 1.807) is 0 Å². The SMILES string of the molecule is O=C1N[C@H](c2ccccc2)c2ccccc2O1. The van der Waals surface area contributed by atoms with Gasteiger partial charge in [-0.3, -0.25) is 0 Å². The molecule has 84 valence electrons. The molecule has 1 amide bonds. The molecule has 0 saturated heterocycles. The third-order valence-corrected chi connectivity index (χ3v) is 2.83. The molecule has 2 aromatic rings. The van der Waals surface area contributed by atoms with Gasteiger partial charge in [-0.15, -0.1) is 0 Å². The Labute approximate surface area is 99.0 Å². The zero-order valence-electron chi connectivity index (χ0n) is 9.09. The van der Waals surface area contributed by atoms with E-state index < -0.39 is 6.09 Å². The van der Waals surface area contributed by atoms with Gasteiger partial charge in [0, 0.05) is 5.56 Å². The van der Waals surface area contributed by atoms with Gasteiger partial charge in [0.15, 0.2) is 0 Å². The maximum Gasteiger partial charge on any atom is 0.413 e. The third kappa shape index (κ3) is 1.76. The number of hydrogen-bond donors (Lipinski definition) is 1. The van der Waals surface area contributed by atoms with Crippen LogP contribution in [0.5, 0.6) is 5.75 Å². The Morgan fingerprint density at radius 1 is 0.941 bits per heavy atom. The van der Waals surface area contributed by atoms with Crippen molar-refractivity contribution in [1.29, 1.82) is 0 Å². The number of rotatable bonds is 1. The van der Waals surface area contributed by atoms with Crippen molar-refractivity contribution in [2.75, 3.05) is 0 Å². The summed E-state index contributed by atoms with van der Waals surface area (Å²) >= 11 is 0. The minimum atomic E-state index is -0.405. The monoisotopic (exact) mass is 225 g/mol. The van der Waals surface area contributed by atoms with Crippen molar-refractivity contribution >= 4 is 6.09 Å². The second kappa shape index (κ2) is 3.94. The molecule has 0 spiro atoms. The predicted molar refractivity (Wildman–Crippen MR) is 63.9 cm³/mol. The third-order valence-electron chi connectivity index (χ3n) is 2.83. The van der Waals surface area contributed by atoms with Gasteiger partial charge in [0.05, 0.1) is 6.04 Å². The Morgan fingerprint density at radius 3 is 2.47 bits per heavy atom. The highest BCUT2D eigenvalue weighted by molar-refractivity contribution is 5.75. The van der Waals surface area contributed by atoms with Crippen molar-refractivity contribution in [3.05, 3.63) is 65.7 Å². The van der Waals surface area contributed by atoms with Crippen LogP contribution in [0.15, 0.2) is 54.6 Å². The van der Waals surface area contributed by atoms with Crippen LogP contribution in [-0.4, -0.2) is 6.09 Å². The van der Waals surface area contributed by atoms with Crippen LogP contribution in [-0.2, 0) is 0 Å². The highest BCUT2D eigenvalue weighted by Gasteiger charge is 2.26. The number of fused-ring (bicyclic) bond motifs is 1. The summed E-state index contributed by atoms with van der Waals surface area (Å²) in [6.45, 7) is 0. The fraction of sp³-hybridized carbons (Fsp3) is 0.0714. The topological polar surface area (TPSA) is 38.3 Å². The molecule has 3 heteroatoms. The van der Waals surface area contributed by atoms with Gasteiger partial charge < -0.3 is 10.1 Å². The van der Waals surface area contributed by atoms with Gasteiger partial charge in [-0.1, -0.05) is 48.5 Å². The molecule has 17 heavy (non-hydrogen) atoms. The van der Waals surface area contributed by atoms with Gasteiger partial charge in [-0.2, -0.15) is 0 Å². The molecule has 0 saturated carbocycles. The predicted octanol–water partition coefficient (Wildman–Crippen LogP) is 2.88. The van der Waals surface area contributed by atoms with Crippen molar-refractivity contribution in [1.82, 2.24) is 5.32 Å². The molecule has 1 aliphatic heterocycles. The van der Waals surface area contributed by atoms with Crippen LogP contribution >= 0.6 is 0 Å². The maximum atomic E-state index is 11.5.